The predicted octanol–water partition coefficient (Wildman–Crippen LogP) is 1.36. The number of carboxylic acid groups (broad SMARTS) is 1. The zero-order valence-corrected chi connectivity index (χ0v) is 11.2. The monoisotopic (exact) mass is 260 g/mol. The van der Waals surface area contributed by atoms with E-state index in [2.05, 4.69) is 17.6 Å². The Balaban J connectivity index is 3.50. The van der Waals surface area contributed by atoms with E-state index in [0.717, 1.165) is 25.9 Å². The number of urea groups is 1. The van der Waals surface area contributed by atoms with Gasteiger partial charge in [-0.2, -0.15) is 0 Å². The molecule has 106 valence electrons. The molecule has 3 N–H and O–H groups in total. The molecule has 0 saturated carbocycles. The minimum absolute atomic E-state index is 0.364. The van der Waals surface area contributed by atoms with Gasteiger partial charge in [0, 0.05) is 19.8 Å². The lowest BCUT2D eigenvalue weighted by atomic mass is 10.2. The lowest BCUT2D eigenvalue weighted by Gasteiger charge is -2.13. The summed E-state index contributed by atoms with van der Waals surface area (Å²) in [5.41, 5.74) is 0. The Labute approximate surface area is 108 Å². The average molecular weight is 260 g/mol. The molecule has 1 atom stereocenters. The molecule has 0 aromatic carbocycles. The number of carboxylic acids is 1. The highest BCUT2D eigenvalue weighted by atomic mass is 16.5. The van der Waals surface area contributed by atoms with E-state index in [1.54, 1.807) is 6.92 Å². The van der Waals surface area contributed by atoms with Gasteiger partial charge in [-0.25, -0.2) is 9.59 Å². The van der Waals surface area contributed by atoms with Crippen molar-refractivity contribution in [2.45, 2.75) is 45.6 Å². The third-order valence-corrected chi connectivity index (χ3v) is 2.40. The van der Waals surface area contributed by atoms with Crippen molar-refractivity contribution in [1.29, 1.82) is 0 Å². The Kier molecular flexibility index (Phi) is 10.0. The second kappa shape index (κ2) is 10.8. The van der Waals surface area contributed by atoms with Crippen LogP contribution in [0.25, 0.3) is 0 Å². The third kappa shape index (κ3) is 8.81. The number of carbonyl (C=O) groups is 2. The van der Waals surface area contributed by atoms with Gasteiger partial charge in [-0.15, -0.1) is 0 Å². The fourth-order valence-electron chi connectivity index (χ4n) is 1.27. The Morgan fingerprint density at radius 3 is 2.44 bits per heavy atom. The van der Waals surface area contributed by atoms with E-state index in [1.807, 2.05) is 0 Å². The van der Waals surface area contributed by atoms with E-state index in [0.29, 0.717) is 19.6 Å². The molecule has 0 bridgehead atoms. The number of nitrogens with one attached hydrogen (secondary N) is 2. The summed E-state index contributed by atoms with van der Waals surface area (Å²) in [5, 5.41) is 13.7. The second-order valence-corrected chi connectivity index (χ2v) is 4.02. The normalized spacial score (nSPS) is 11.9. The molecule has 6 nitrogen and oxygen atoms in total. The van der Waals surface area contributed by atoms with Crippen LogP contribution in [0.5, 0.6) is 0 Å². The number of ether oxygens (including phenoxy) is 1. The summed E-state index contributed by atoms with van der Waals surface area (Å²) in [6.45, 7) is 5.65. The molecule has 0 heterocycles. The molecule has 2 amide bonds. The molecule has 0 fully saturated rings. The smallest absolute Gasteiger partial charge is 0.326 e. The molecule has 0 spiro atoms. The second-order valence-electron chi connectivity index (χ2n) is 4.02. The van der Waals surface area contributed by atoms with Gasteiger partial charge >= 0.3 is 12.0 Å². The Morgan fingerprint density at radius 2 is 1.89 bits per heavy atom. The van der Waals surface area contributed by atoms with Crippen molar-refractivity contribution in [1.82, 2.24) is 10.6 Å². The molecular weight excluding hydrogens is 236 g/mol. The maximum Gasteiger partial charge on any atom is 0.326 e. The molecule has 18 heavy (non-hydrogen) atoms. The fourth-order valence-corrected chi connectivity index (χ4v) is 1.27. The molecule has 0 aliphatic carbocycles. The van der Waals surface area contributed by atoms with Crippen LogP contribution in [0.3, 0.4) is 0 Å². The molecule has 0 unspecified atom stereocenters. The average Bonchev–Trinajstić information content (AvgIpc) is 2.34. The quantitative estimate of drug-likeness (QED) is 0.517. The first-order valence-electron chi connectivity index (χ1n) is 6.46. The van der Waals surface area contributed by atoms with Gasteiger partial charge in [0.05, 0.1) is 0 Å². The molecule has 0 aromatic heterocycles. The van der Waals surface area contributed by atoms with E-state index in [9.17, 15) is 9.59 Å². The highest BCUT2D eigenvalue weighted by Crippen LogP contribution is 1.91. The van der Waals surface area contributed by atoms with E-state index >= 15 is 0 Å². The lowest BCUT2D eigenvalue weighted by Crippen LogP contribution is -2.45. The van der Waals surface area contributed by atoms with Gasteiger partial charge in [-0.05, 0) is 19.3 Å². The lowest BCUT2D eigenvalue weighted by molar-refractivity contribution is -0.139. The van der Waals surface area contributed by atoms with Crippen molar-refractivity contribution >= 4 is 12.0 Å². The standard InChI is InChI=1S/C12H24N2O4/c1-3-5-8-18-9-6-7-13-12(17)14-10(4-2)11(15)16/h10H,3-9H2,1-2H3,(H,15,16)(H2,13,14,17)/t10-/m0/s1. The van der Waals surface area contributed by atoms with Crippen LogP contribution in [0.4, 0.5) is 4.79 Å². The van der Waals surface area contributed by atoms with Crippen molar-refractivity contribution in [3.63, 3.8) is 0 Å². The van der Waals surface area contributed by atoms with Crippen LogP contribution in [0.15, 0.2) is 0 Å². The zero-order chi connectivity index (χ0) is 13.8. The first-order valence-corrected chi connectivity index (χ1v) is 6.46. The van der Waals surface area contributed by atoms with E-state index < -0.39 is 18.0 Å². The van der Waals surface area contributed by atoms with Gasteiger partial charge in [0.1, 0.15) is 6.04 Å². The molecule has 0 saturated heterocycles. The molecule has 0 aliphatic heterocycles. The number of unbranched alkanes of at least 4 members (excludes halogenated alkanes) is 1. The van der Waals surface area contributed by atoms with Crippen LogP contribution in [0, 0.1) is 0 Å². The minimum atomic E-state index is -1.02. The zero-order valence-electron chi connectivity index (χ0n) is 11.2. The van der Waals surface area contributed by atoms with Crippen LogP contribution in [-0.2, 0) is 9.53 Å². The molecule has 0 rings (SSSR count). The predicted molar refractivity (Wildman–Crippen MR) is 68.6 cm³/mol. The Hall–Kier alpha value is -1.30. The number of rotatable bonds is 10. The first kappa shape index (κ1) is 16.7. The highest BCUT2D eigenvalue weighted by Gasteiger charge is 2.16. The number of aliphatic carboxylic acids is 1. The van der Waals surface area contributed by atoms with Gasteiger partial charge in [-0.1, -0.05) is 20.3 Å². The number of amides is 2. The summed E-state index contributed by atoms with van der Waals surface area (Å²) in [6, 6.07) is -1.27. The SMILES string of the molecule is CCCCOCCCNC(=O)N[C@@H](CC)C(=O)O. The van der Waals surface area contributed by atoms with Crippen LogP contribution in [-0.4, -0.2) is 42.9 Å². The maximum absolute atomic E-state index is 11.3. The topological polar surface area (TPSA) is 87.7 Å². The van der Waals surface area contributed by atoms with Crippen molar-refractivity contribution in [3.05, 3.63) is 0 Å². The minimum Gasteiger partial charge on any atom is -0.480 e. The van der Waals surface area contributed by atoms with Gasteiger partial charge in [-0.3, -0.25) is 0 Å². The maximum atomic E-state index is 11.3. The highest BCUT2D eigenvalue weighted by molar-refractivity contribution is 5.82. The molecule has 0 radical (unpaired) electrons. The summed E-state index contributed by atoms with van der Waals surface area (Å²) in [6.07, 6.45) is 3.24. The van der Waals surface area contributed by atoms with Crippen molar-refractivity contribution < 1.29 is 19.4 Å². The largest absolute Gasteiger partial charge is 0.480 e. The van der Waals surface area contributed by atoms with Crippen molar-refractivity contribution in [2.24, 2.45) is 0 Å². The summed E-state index contributed by atoms with van der Waals surface area (Å²) < 4.78 is 5.33. The number of hydrogen-bond acceptors (Lipinski definition) is 3. The van der Waals surface area contributed by atoms with Crippen LogP contribution < -0.4 is 10.6 Å². The molecule has 0 aliphatic rings. The van der Waals surface area contributed by atoms with Gasteiger partial charge in [0.15, 0.2) is 0 Å². The molecule has 0 aromatic rings. The summed E-state index contributed by atoms with van der Waals surface area (Å²) >= 11 is 0. The molecular formula is C12H24N2O4. The van der Waals surface area contributed by atoms with Gasteiger partial charge in [0.2, 0.25) is 0 Å². The first-order chi connectivity index (χ1) is 8.61. The summed E-state index contributed by atoms with van der Waals surface area (Å²) in [7, 11) is 0. The van der Waals surface area contributed by atoms with Crippen LogP contribution in [0.2, 0.25) is 0 Å². The van der Waals surface area contributed by atoms with Gasteiger partial charge in [0.25, 0.3) is 0 Å². The van der Waals surface area contributed by atoms with Gasteiger partial charge < -0.3 is 20.5 Å². The number of carbonyl (C=O) groups excluding carboxylic acids is 1. The summed E-state index contributed by atoms with van der Waals surface area (Å²) in [5.74, 6) is -1.02. The van der Waals surface area contributed by atoms with E-state index in [-0.39, 0.29) is 0 Å². The molecule has 6 heteroatoms. The Bertz CT molecular complexity index is 246. The third-order valence-electron chi connectivity index (χ3n) is 2.40. The summed E-state index contributed by atoms with van der Waals surface area (Å²) in [4.78, 5) is 22.0. The van der Waals surface area contributed by atoms with E-state index in [1.165, 1.54) is 0 Å². The van der Waals surface area contributed by atoms with Crippen molar-refractivity contribution in [3.8, 4) is 0 Å². The van der Waals surface area contributed by atoms with Crippen molar-refractivity contribution in [2.75, 3.05) is 19.8 Å². The Morgan fingerprint density at radius 1 is 1.22 bits per heavy atom. The van der Waals surface area contributed by atoms with Crippen LogP contribution >= 0.6 is 0 Å². The van der Waals surface area contributed by atoms with E-state index in [4.69, 9.17) is 9.84 Å². The fraction of sp³-hybridized carbons (Fsp3) is 0.833. The van der Waals surface area contributed by atoms with Crippen LogP contribution in [0.1, 0.15) is 39.5 Å². The number of hydrogen-bond donors (Lipinski definition) is 3.